The van der Waals surface area contributed by atoms with Crippen molar-refractivity contribution < 1.29 is 4.58 Å². The molecule has 0 N–H and O–H groups in total. The minimum Gasteiger partial charge on any atom is -0.187 e. The predicted octanol–water partition coefficient (Wildman–Crippen LogP) is 4.76. The molecule has 0 amide bonds. The Kier molecular flexibility index (Phi) is 3.83. The van der Waals surface area contributed by atoms with Crippen LogP contribution >= 0.6 is 12.6 Å². The normalized spacial score (nSPS) is 18.7. The highest BCUT2D eigenvalue weighted by Crippen LogP contribution is 2.43. The first-order valence-electron chi connectivity index (χ1n) is 7.23. The molecule has 1 atom stereocenters. The molecule has 104 valence electrons. The smallest absolute Gasteiger partial charge is 0.187 e. The number of rotatable bonds is 3. The Balaban J connectivity index is 2.67. The van der Waals surface area contributed by atoms with Gasteiger partial charge in [0.2, 0.25) is 11.1 Å². The Morgan fingerprint density at radius 1 is 1.21 bits per heavy atom. The molecule has 0 radical (unpaired) electrons. The zero-order chi connectivity index (χ0) is 14.4. The van der Waals surface area contributed by atoms with Gasteiger partial charge >= 0.3 is 0 Å². The summed E-state index contributed by atoms with van der Waals surface area (Å²) < 4.78 is 2.46. The van der Waals surface area contributed by atoms with Crippen LogP contribution in [-0.2, 0) is 5.41 Å². The van der Waals surface area contributed by atoms with Crippen LogP contribution in [0.15, 0.2) is 12.1 Å². The zero-order valence-corrected chi connectivity index (χ0v) is 13.9. The van der Waals surface area contributed by atoms with Crippen molar-refractivity contribution in [3.8, 4) is 0 Å². The van der Waals surface area contributed by atoms with E-state index in [1.165, 1.54) is 34.5 Å². The molecule has 0 aliphatic carbocycles. The van der Waals surface area contributed by atoms with E-state index in [0.29, 0.717) is 0 Å². The lowest BCUT2D eigenvalue weighted by atomic mass is 9.81. The molecule has 1 unspecified atom stereocenters. The number of benzene rings is 1. The lowest BCUT2D eigenvalue weighted by Gasteiger charge is -2.15. The fourth-order valence-corrected chi connectivity index (χ4v) is 3.73. The summed E-state index contributed by atoms with van der Waals surface area (Å²) in [5, 5.41) is 0.284. The lowest BCUT2D eigenvalue weighted by molar-refractivity contribution is -0.455. The standard InChI is InChI=1S/C17H25NS/c1-7-8-15(19)18-13(4)17(5,6)14-10-11(2)9-12(3)16(14)18/h9-10,15H,7-8H2,1-6H3/p+1. The van der Waals surface area contributed by atoms with Crippen LogP contribution in [0.1, 0.15) is 57.2 Å². The molecule has 0 aromatic heterocycles. The Bertz CT molecular complexity index is 540. The van der Waals surface area contributed by atoms with Gasteiger partial charge in [-0.1, -0.05) is 12.5 Å². The molecule has 2 heteroatoms. The molecule has 1 aromatic carbocycles. The zero-order valence-electron chi connectivity index (χ0n) is 13.0. The van der Waals surface area contributed by atoms with Gasteiger partial charge in [0.1, 0.15) is 0 Å². The molecule has 19 heavy (non-hydrogen) atoms. The second kappa shape index (κ2) is 4.97. The van der Waals surface area contributed by atoms with E-state index in [9.17, 15) is 0 Å². The van der Waals surface area contributed by atoms with Gasteiger partial charge in [-0.05, 0) is 46.2 Å². The van der Waals surface area contributed by atoms with Crippen molar-refractivity contribution >= 4 is 24.0 Å². The van der Waals surface area contributed by atoms with Crippen molar-refractivity contribution in [2.75, 3.05) is 0 Å². The third-order valence-electron chi connectivity index (χ3n) is 4.47. The van der Waals surface area contributed by atoms with Gasteiger partial charge in [0, 0.05) is 24.5 Å². The number of aryl methyl sites for hydroxylation is 2. The quantitative estimate of drug-likeness (QED) is 0.599. The molecule has 0 fully saturated rings. The van der Waals surface area contributed by atoms with Crippen LogP contribution < -0.4 is 0 Å². The molecule has 0 saturated carbocycles. The topological polar surface area (TPSA) is 3.01 Å². The van der Waals surface area contributed by atoms with Gasteiger partial charge in [-0.15, -0.1) is 12.6 Å². The predicted molar refractivity (Wildman–Crippen MR) is 87.2 cm³/mol. The van der Waals surface area contributed by atoms with E-state index in [0.717, 1.165) is 6.42 Å². The van der Waals surface area contributed by atoms with E-state index in [1.807, 2.05) is 0 Å². The second-order valence-corrected chi connectivity index (χ2v) is 6.92. The van der Waals surface area contributed by atoms with Crippen LogP contribution in [0.25, 0.3) is 0 Å². The number of nitrogens with zero attached hydrogens (tertiary/aromatic N) is 1. The lowest BCUT2D eigenvalue weighted by Crippen LogP contribution is -2.29. The van der Waals surface area contributed by atoms with Crippen molar-refractivity contribution in [3.05, 3.63) is 28.8 Å². The molecule has 1 aliphatic rings. The fourth-order valence-electron chi connectivity index (χ4n) is 3.18. The minimum absolute atomic E-state index is 0.112. The molecule has 0 spiro atoms. The number of hydrogen-bond donors (Lipinski definition) is 1. The van der Waals surface area contributed by atoms with Crippen LogP contribution in [0.5, 0.6) is 0 Å². The maximum absolute atomic E-state index is 4.85. The van der Waals surface area contributed by atoms with Crippen LogP contribution in [0.3, 0.4) is 0 Å². The molecule has 0 bridgehead atoms. The Morgan fingerprint density at radius 3 is 2.42 bits per heavy atom. The number of hydrogen-bond acceptors (Lipinski definition) is 1. The number of thiol groups is 1. The SMILES string of the molecule is CCCC(S)[N+]1=C(C)C(C)(C)c2cc(C)cc(C)c21. The fraction of sp³-hybridized carbons (Fsp3) is 0.588. The third-order valence-corrected chi connectivity index (χ3v) is 4.96. The first-order valence-corrected chi connectivity index (χ1v) is 7.75. The molecular weight excluding hydrogens is 250 g/mol. The van der Waals surface area contributed by atoms with Crippen LogP contribution in [0.4, 0.5) is 5.69 Å². The van der Waals surface area contributed by atoms with Gasteiger partial charge in [0.25, 0.3) is 0 Å². The van der Waals surface area contributed by atoms with Gasteiger partial charge in [-0.3, -0.25) is 0 Å². The van der Waals surface area contributed by atoms with E-state index in [1.54, 1.807) is 0 Å². The maximum Gasteiger partial charge on any atom is 0.213 e. The largest absolute Gasteiger partial charge is 0.213 e. The molecule has 2 rings (SSSR count). The molecule has 1 aliphatic heterocycles. The van der Waals surface area contributed by atoms with Crippen molar-refractivity contribution in [3.63, 3.8) is 0 Å². The summed E-state index contributed by atoms with van der Waals surface area (Å²) in [6.45, 7) is 13.5. The third kappa shape index (κ3) is 2.24. The van der Waals surface area contributed by atoms with Crippen LogP contribution in [-0.4, -0.2) is 15.7 Å². The Hall–Kier alpha value is -0.760. The van der Waals surface area contributed by atoms with Gasteiger partial charge in [-0.25, -0.2) is 0 Å². The van der Waals surface area contributed by atoms with Gasteiger partial charge in [0.15, 0.2) is 5.71 Å². The van der Waals surface area contributed by atoms with Crippen molar-refractivity contribution in [1.29, 1.82) is 0 Å². The number of fused-ring (bicyclic) bond motifs is 1. The summed E-state index contributed by atoms with van der Waals surface area (Å²) in [6.07, 6.45) is 2.28. The summed E-state index contributed by atoms with van der Waals surface area (Å²) in [6, 6.07) is 4.63. The van der Waals surface area contributed by atoms with E-state index in [-0.39, 0.29) is 10.8 Å². The van der Waals surface area contributed by atoms with E-state index in [4.69, 9.17) is 12.6 Å². The van der Waals surface area contributed by atoms with Crippen molar-refractivity contribution in [2.45, 2.75) is 65.2 Å². The monoisotopic (exact) mass is 276 g/mol. The van der Waals surface area contributed by atoms with E-state index < -0.39 is 0 Å². The van der Waals surface area contributed by atoms with Crippen molar-refractivity contribution in [2.24, 2.45) is 0 Å². The van der Waals surface area contributed by atoms with Crippen LogP contribution in [0, 0.1) is 13.8 Å². The highest BCUT2D eigenvalue weighted by molar-refractivity contribution is 7.80. The maximum atomic E-state index is 4.85. The van der Waals surface area contributed by atoms with Gasteiger partial charge in [0.05, 0.1) is 5.41 Å². The first kappa shape index (κ1) is 14.6. The molecule has 1 heterocycles. The van der Waals surface area contributed by atoms with E-state index >= 15 is 0 Å². The Morgan fingerprint density at radius 2 is 1.84 bits per heavy atom. The first-order chi connectivity index (χ1) is 8.80. The minimum atomic E-state index is 0.112. The summed E-state index contributed by atoms with van der Waals surface area (Å²) in [7, 11) is 0. The highest BCUT2D eigenvalue weighted by Gasteiger charge is 2.45. The molecule has 1 nitrogen and oxygen atoms in total. The summed E-state index contributed by atoms with van der Waals surface area (Å²) in [4.78, 5) is 0. The van der Waals surface area contributed by atoms with Crippen LogP contribution in [0.2, 0.25) is 0 Å². The second-order valence-electron chi connectivity index (χ2n) is 6.33. The summed E-state index contributed by atoms with van der Waals surface area (Å²) >= 11 is 4.85. The van der Waals surface area contributed by atoms with Crippen molar-refractivity contribution in [1.82, 2.24) is 0 Å². The summed E-state index contributed by atoms with van der Waals surface area (Å²) in [5.74, 6) is 0. The van der Waals surface area contributed by atoms with Gasteiger partial charge in [-0.2, -0.15) is 4.58 Å². The average molecular weight is 276 g/mol. The molecular formula is C17H26NS+. The highest BCUT2D eigenvalue weighted by atomic mass is 32.1. The average Bonchev–Trinajstić information content (AvgIpc) is 2.50. The van der Waals surface area contributed by atoms with E-state index in [2.05, 4.69) is 58.3 Å². The van der Waals surface area contributed by atoms with Gasteiger partial charge < -0.3 is 0 Å². The molecule has 1 aromatic rings. The molecule has 0 saturated heterocycles. The summed E-state index contributed by atoms with van der Waals surface area (Å²) in [5.41, 5.74) is 7.10. The Labute approximate surface area is 123 Å².